The molecule has 1 heteroatoms. The van der Waals surface area contributed by atoms with Crippen molar-refractivity contribution in [3.8, 4) is 0 Å². The van der Waals surface area contributed by atoms with E-state index in [-0.39, 0.29) is 0 Å². The third-order valence-corrected chi connectivity index (χ3v) is 3.88. The van der Waals surface area contributed by atoms with Crippen LogP contribution in [0.1, 0.15) is 49.3 Å². The highest BCUT2D eigenvalue weighted by atomic mass is 15.0. The number of rotatable bonds is 4. The lowest BCUT2D eigenvalue weighted by Crippen LogP contribution is -2.32. The lowest BCUT2D eigenvalue weighted by molar-refractivity contribution is 0.478. The molecular weight excluding hydrogens is 194 g/mol. The third-order valence-electron chi connectivity index (χ3n) is 3.88. The highest BCUT2D eigenvalue weighted by Crippen LogP contribution is 2.25. The summed E-state index contributed by atoms with van der Waals surface area (Å²) in [5, 5.41) is 3.69. The molecule has 1 aromatic rings. The molecule has 0 radical (unpaired) electrons. The highest BCUT2D eigenvalue weighted by Gasteiger charge is 2.25. The number of benzene rings is 1. The number of hydrogen-bond donors (Lipinski definition) is 1. The van der Waals surface area contributed by atoms with Gasteiger partial charge >= 0.3 is 0 Å². The van der Waals surface area contributed by atoms with Crippen LogP contribution in [0.2, 0.25) is 0 Å². The molecule has 88 valence electrons. The van der Waals surface area contributed by atoms with Crippen LogP contribution in [0.5, 0.6) is 0 Å². The topological polar surface area (TPSA) is 12.0 Å². The van der Waals surface area contributed by atoms with Crippen LogP contribution in [0, 0.1) is 13.8 Å². The fourth-order valence-electron chi connectivity index (χ4n) is 2.10. The maximum atomic E-state index is 3.69. The summed E-state index contributed by atoms with van der Waals surface area (Å²) < 4.78 is 0. The molecule has 0 spiro atoms. The first-order valence-corrected chi connectivity index (χ1v) is 6.41. The van der Waals surface area contributed by atoms with Crippen LogP contribution in [0.3, 0.4) is 0 Å². The van der Waals surface area contributed by atoms with Crippen molar-refractivity contribution in [2.45, 2.75) is 58.5 Å². The Morgan fingerprint density at radius 2 is 1.81 bits per heavy atom. The molecule has 1 aliphatic carbocycles. The predicted molar refractivity (Wildman–Crippen MR) is 70.0 cm³/mol. The maximum absolute atomic E-state index is 3.69. The summed E-state index contributed by atoms with van der Waals surface area (Å²) in [7, 11) is 0. The zero-order chi connectivity index (χ0) is 11.7. The van der Waals surface area contributed by atoms with E-state index in [1.165, 1.54) is 29.5 Å². The van der Waals surface area contributed by atoms with E-state index in [0.29, 0.717) is 12.0 Å². The van der Waals surface area contributed by atoms with Gasteiger partial charge in [0.15, 0.2) is 0 Å². The summed E-state index contributed by atoms with van der Waals surface area (Å²) in [6.07, 6.45) is 2.73. The van der Waals surface area contributed by atoms with E-state index in [1.54, 1.807) is 0 Å². The van der Waals surface area contributed by atoms with Gasteiger partial charge in [0.2, 0.25) is 0 Å². The van der Waals surface area contributed by atoms with Crippen LogP contribution in [-0.4, -0.2) is 12.1 Å². The quantitative estimate of drug-likeness (QED) is 0.813. The Labute approximate surface area is 99.3 Å². The second-order valence-corrected chi connectivity index (χ2v) is 5.36. The van der Waals surface area contributed by atoms with Crippen LogP contribution in [-0.2, 0) is 0 Å². The first-order valence-electron chi connectivity index (χ1n) is 6.41. The zero-order valence-electron chi connectivity index (χ0n) is 10.9. The molecule has 1 aromatic carbocycles. The zero-order valence-corrected chi connectivity index (χ0v) is 10.9. The number of nitrogens with one attached hydrogen (secondary N) is 1. The first-order chi connectivity index (χ1) is 7.58. The van der Waals surface area contributed by atoms with Gasteiger partial charge in [-0.25, -0.2) is 0 Å². The molecule has 0 bridgehead atoms. The van der Waals surface area contributed by atoms with E-state index in [2.05, 4.69) is 51.2 Å². The minimum atomic E-state index is 0.578. The fourth-order valence-corrected chi connectivity index (χ4v) is 2.10. The van der Waals surface area contributed by atoms with Crippen LogP contribution in [0.25, 0.3) is 0 Å². The highest BCUT2D eigenvalue weighted by molar-refractivity contribution is 5.32. The summed E-state index contributed by atoms with van der Waals surface area (Å²) in [5.41, 5.74) is 4.26. The minimum Gasteiger partial charge on any atom is -0.311 e. The summed E-state index contributed by atoms with van der Waals surface area (Å²) in [4.78, 5) is 0. The van der Waals surface area contributed by atoms with Gasteiger partial charge in [0.1, 0.15) is 0 Å². The molecule has 2 unspecified atom stereocenters. The van der Waals surface area contributed by atoms with E-state index in [0.717, 1.165) is 6.04 Å². The third kappa shape index (κ3) is 2.65. The van der Waals surface area contributed by atoms with Crippen LogP contribution in [0.15, 0.2) is 18.2 Å². The Hall–Kier alpha value is -0.820. The monoisotopic (exact) mass is 217 g/mol. The Morgan fingerprint density at radius 1 is 1.12 bits per heavy atom. The van der Waals surface area contributed by atoms with E-state index >= 15 is 0 Å². The normalized spacial score (nSPS) is 19.5. The van der Waals surface area contributed by atoms with Crippen LogP contribution >= 0.6 is 0 Å². The number of hydrogen-bond acceptors (Lipinski definition) is 1. The predicted octanol–water partition coefficient (Wildman–Crippen LogP) is 3.55. The van der Waals surface area contributed by atoms with E-state index < -0.39 is 0 Å². The molecule has 0 aliphatic heterocycles. The Balaban J connectivity index is 2.06. The van der Waals surface area contributed by atoms with Gasteiger partial charge in [0.05, 0.1) is 0 Å². The Kier molecular flexibility index (Phi) is 3.34. The average Bonchev–Trinajstić information content (AvgIpc) is 3.05. The van der Waals surface area contributed by atoms with Crippen molar-refractivity contribution in [3.63, 3.8) is 0 Å². The summed E-state index contributed by atoms with van der Waals surface area (Å²) >= 11 is 0. The smallest absolute Gasteiger partial charge is 0.0107 e. The van der Waals surface area contributed by atoms with Crippen molar-refractivity contribution >= 4 is 0 Å². The van der Waals surface area contributed by atoms with Crippen molar-refractivity contribution in [1.82, 2.24) is 5.32 Å². The molecule has 2 atom stereocenters. The van der Waals surface area contributed by atoms with Crippen LogP contribution in [0.4, 0.5) is 0 Å². The Morgan fingerprint density at radius 3 is 2.38 bits per heavy atom. The second kappa shape index (κ2) is 4.58. The number of aryl methyl sites for hydroxylation is 2. The standard InChI is InChI=1S/C15H23N/c1-10-5-6-14(9-11(10)2)12(3)13(4)16-15-7-8-15/h5-6,9,12-13,15-16H,7-8H2,1-4H3. The molecule has 1 fully saturated rings. The van der Waals surface area contributed by atoms with Gasteiger partial charge < -0.3 is 5.32 Å². The molecule has 1 aliphatic rings. The lowest BCUT2D eigenvalue weighted by Gasteiger charge is -2.22. The van der Waals surface area contributed by atoms with Crippen molar-refractivity contribution < 1.29 is 0 Å². The average molecular weight is 217 g/mol. The molecule has 1 saturated carbocycles. The van der Waals surface area contributed by atoms with Gasteiger partial charge in [-0.3, -0.25) is 0 Å². The van der Waals surface area contributed by atoms with Crippen LogP contribution < -0.4 is 5.32 Å². The van der Waals surface area contributed by atoms with Crippen molar-refractivity contribution in [2.75, 3.05) is 0 Å². The molecule has 0 amide bonds. The van der Waals surface area contributed by atoms with Gasteiger partial charge in [-0.2, -0.15) is 0 Å². The second-order valence-electron chi connectivity index (χ2n) is 5.36. The Bertz CT molecular complexity index is 366. The molecule has 16 heavy (non-hydrogen) atoms. The fraction of sp³-hybridized carbons (Fsp3) is 0.600. The molecule has 1 N–H and O–H groups in total. The molecule has 2 rings (SSSR count). The molecule has 1 nitrogen and oxygen atoms in total. The summed E-state index contributed by atoms with van der Waals surface area (Å²) in [5.74, 6) is 0.597. The van der Waals surface area contributed by atoms with E-state index in [4.69, 9.17) is 0 Å². The maximum Gasteiger partial charge on any atom is 0.0107 e. The van der Waals surface area contributed by atoms with Gasteiger partial charge in [-0.1, -0.05) is 25.1 Å². The summed E-state index contributed by atoms with van der Waals surface area (Å²) in [6.45, 7) is 9.00. The summed E-state index contributed by atoms with van der Waals surface area (Å²) in [6, 6.07) is 8.23. The largest absolute Gasteiger partial charge is 0.311 e. The van der Waals surface area contributed by atoms with Gasteiger partial charge in [0, 0.05) is 12.1 Å². The van der Waals surface area contributed by atoms with Gasteiger partial charge in [-0.15, -0.1) is 0 Å². The SMILES string of the molecule is Cc1ccc(C(C)C(C)NC2CC2)cc1C. The minimum absolute atomic E-state index is 0.578. The van der Waals surface area contributed by atoms with Crippen molar-refractivity contribution in [3.05, 3.63) is 34.9 Å². The molecule has 0 saturated heterocycles. The van der Waals surface area contributed by atoms with E-state index in [1.807, 2.05) is 0 Å². The first kappa shape index (κ1) is 11.7. The van der Waals surface area contributed by atoms with Gasteiger partial charge in [-0.05, 0) is 56.2 Å². The van der Waals surface area contributed by atoms with Gasteiger partial charge in [0.25, 0.3) is 0 Å². The molecule has 0 heterocycles. The molecular formula is C15H23N. The van der Waals surface area contributed by atoms with E-state index in [9.17, 15) is 0 Å². The molecule has 0 aromatic heterocycles. The lowest BCUT2D eigenvalue weighted by atomic mass is 9.92. The van der Waals surface area contributed by atoms with Crippen molar-refractivity contribution in [2.24, 2.45) is 0 Å². The van der Waals surface area contributed by atoms with Crippen molar-refractivity contribution in [1.29, 1.82) is 0 Å².